The number of aromatic nitrogens is 1. The largest absolute Gasteiger partial charge is 0.378 e. The second-order valence-electron chi connectivity index (χ2n) is 5.64. The number of rotatable bonds is 4. The van der Waals surface area contributed by atoms with Crippen molar-refractivity contribution in [3.05, 3.63) is 16.6 Å². The molecule has 0 saturated carbocycles. The zero-order valence-electron chi connectivity index (χ0n) is 11.8. The van der Waals surface area contributed by atoms with E-state index in [2.05, 4.69) is 9.88 Å². The van der Waals surface area contributed by atoms with Crippen molar-refractivity contribution < 1.29 is 9.53 Å². The minimum absolute atomic E-state index is 0.209. The third-order valence-electron chi connectivity index (χ3n) is 4.26. The SMILES string of the molecule is O=C(CCC1CCCO1)N1CCCCC1c1nccs1. The maximum atomic E-state index is 12.5. The van der Waals surface area contributed by atoms with Gasteiger partial charge in [0.15, 0.2) is 0 Å². The molecule has 0 aliphatic carbocycles. The molecule has 3 rings (SSSR count). The molecule has 2 aliphatic rings. The van der Waals surface area contributed by atoms with E-state index in [0.717, 1.165) is 50.3 Å². The van der Waals surface area contributed by atoms with E-state index in [9.17, 15) is 4.79 Å². The third-order valence-corrected chi connectivity index (χ3v) is 5.14. The molecule has 1 aromatic rings. The van der Waals surface area contributed by atoms with Gasteiger partial charge in [-0.3, -0.25) is 4.79 Å². The summed E-state index contributed by atoms with van der Waals surface area (Å²) in [6.45, 7) is 1.75. The highest BCUT2D eigenvalue weighted by Crippen LogP contribution is 2.32. The lowest BCUT2D eigenvalue weighted by Gasteiger charge is -2.34. The molecule has 0 spiro atoms. The molecule has 1 aromatic heterocycles. The van der Waals surface area contributed by atoms with Crippen LogP contribution in [0.25, 0.3) is 0 Å². The fourth-order valence-corrected chi connectivity index (χ4v) is 3.97. The number of hydrogen-bond acceptors (Lipinski definition) is 4. The van der Waals surface area contributed by atoms with Gasteiger partial charge in [0.2, 0.25) is 5.91 Å². The molecule has 110 valence electrons. The predicted octanol–water partition coefficient (Wildman–Crippen LogP) is 3.16. The average Bonchev–Trinajstić information content (AvgIpc) is 3.18. The van der Waals surface area contributed by atoms with Crippen molar-refractivity contribution in [1.29, 1.82) is 0 Å². The molecule has 2 fully saturated rings. The van der Waals surface area contributed by atoms with Crippen LogP contribution in [0.1, 0.15) is 56.0 Å². The molecule has 2 unspecified atom stereocenters. The molecule has 0 aromatic carbocycles. The van der Waals surface area contributed by atoms with Gasteiger partial charge in [-0.2, -0.15) is 0 Å². The van der Waals surface area contributed by atoms with Gasteiger partial charge in [0, 0.05) is 31.1 Å². The van der Waals surface area contributed by atoms with Gasteiger partial charge in [-0.1, -0.05) is 0 Å². The van der Waals surface area contributed by atoms with Gasteiger partial charge in [0.1, 0.15) is 5.01 Å². The lowest BCUT2D eigenvalue weighted by Crippen LogP contribution is -2.38. The Hall–Kier alpha value is -0.940. The van der Waals surface area contributed by atoms with Gasteiger partial charge in [0.05, 0.1) is 12.1 Å². The summed E-state index contributed by atoms with van der Waals surface area (Å²) in [6, 6.07) is 0.209. The van der Waals surface area contributed by atoms with E-state index in [1.54, 1.807) is 11.3 Å². The Morgan fingerprint density at radius 1 is 1.40 bits per heavy atom. The summed E-state index contributed by atoms with van der Waals surface area (Å²) >= 11 is 1.66. The first-order valence-corrected chi connectivity index (χ1v) is 8.53. The summed E-state index contributed by atoms with van der Waals surface area (Å²) in [5, 5.41) is 3.09. The number of hydrogen-bond donors (Lipinski definition) is 0. The molecule has 2 atom stereocenters. The quantitative estimate of drug-likeness (QED) is 0.856. The number of nitrogens with zero attached hydrogens (tertiary/aromatic N) is 2. The maximum absolute atomic E-state index is 12.5. The summed E-state index contributed by atoms with van der Waals surface area (Å²) in [5.74, 6) is 0.278. The van der Waals surface area contributed by atoms with E-state index < -0.39 is 0 Å². The number of amides is 1. The average molecular weight is 294 g/mol. The van der Waals surface area contributed by atoms with Crippen molar-refractivity contribution in [3.63, 3.8) is 0 Å². The third kappa shape index (κ3) is 3.20. The van der Waals surface area contributed by atoms with Gasteiger partial charge < -0.3 is 9.64 Å². The molecule has 2 saturated heterocycles. The standard InChI is InChI=1S/C15H22N2O2S/c18-14(7-6-12-4-3-10-19-12)17-9-2-1-5-13(17)15-16-8-11-20-15/h8,11-13H,1-7,9-10H2. The van der Waals surface area contributed by atoms with E-state index in [-0.39, 0.29) is 11.9 Å². The number of thiazole rings is 1. The highest BCUT2D eigenvalue weighted by atomic mass is 32.1. The first-order valence-electron chi connectivity index (χ1n) is 7.65. The highest BCUT2D eigenvalue weighted by Gasteiger charge is 2.29. The van der Waals surface area contributed by atoms with E-state index >= 15 is 0 Å². The molecule has 5 heteroatoms. The predicted molar refractivity (Wildman–Crippen MR) is 78.6 cm³/mol. The smallest absolute Gasteiger partial charge is 0.223 e. The minimum atomic E-state index is 0.209. The molecule has 0 N–H and O–H groups in total. The van der Waals surface area contributed by atoms with Crippen LogP contribution in [-0.4, -0.2) is 35.0 Å². The summed E-state index contributed by atoms with van der Waals surface area (Å²) in [5.41, 5.74) is 0. The molecule has 0 radical (unpaired) electrons. The summed E-state index contributed by atoms with van der Waals surface area (Å²) < 4.78 is 5.61. The topological polar surface area (TPSA) is 42.4 Å². The molecule has 20 heavy (non-hydrogen) atoms. The molecular weight excluding hydrogens is 272 g/mol. The Kier molecular flexibility index (Phi) is 4.68. The molecule has 3 heterocycles. The van der Waals surface area contributed by atoms with Crippen LogP contribution in [0.5, 0.6) is 0 Å². The summed E-state index contributed by atoms with van der Waals surface area (Å²) in [4.78, 5) is 19.0. The van der Waals surface area contributed by atoms with Crippen molar-refractivity contribution >= 4 is 17.2 Å². The number of carbonyl (C=O) groups excluding carboxylic acids is 1. The van der Waals surface area contributed by atoms with Crippen LogP contribution in [-0.2, 0) is 9.53 Å². The second-order valence-corrected chi connectivity index (χ2v) is 6.57. The maximum Gasteiger partial charge on any atom is 0.223 e. The zero-order valence-corrected chi connectivity index (χ0v) is 12.6. The molecular formula is C15H22N2O2S. The molecule has 1 amide bonds. The summed E-state index contributed by atoms with van der Waals surface area (Å²) in [7, 11) is 0. The van der Waals surface area contributed by atoms with E-state index in [1.165, 1.54) is 6.42 Å². The van der Waals surface area contributed by atoms with E-state index in [1.807, 2.05) is 11.6 Å². The van der Waals surface area contributed by atoms with Crippen LogP contribution in [0.15, 0.2) is 11.6 Å². The summed E-state index contributed by atoms with van der Waals surface area (Å²) in [6.07, 6.45) is 9.26. The Bertz CT molecular complexity index is 429. The molecule has 0 bridgehead atoms. The van der Waals surface area contributed by atoms with E-state index in [0.29, 0.717) is 12.5 Å². The van der Waals surface area contributed by atoms with Crippen molar-refractivity contribution in [1.82, 2.24) is 9.88 Å². The van der Waals surface area contributed by atoms with Crippen LogP contribution in [0.4, 0.5) is 0 Å². The lowest BCUT2D eigenvalue weighted by atomic mass is 10.0. The number of carbonyl (C=O) groups is 1. The number of likely N-dealkylation sites (tertiary alicyclic amines) is 1. The Morgan fingerprint density at radius 3 is 3.10 bits per heavy atom. The van der Waals surface area contributed by atoms with Gasteiger partial charge in [0.25, 0.3) is 0 Å². The van der Waals surface area contributed by atoms with Crippen LogP contribution < -0.4 is 0 Å². The molecule has 4 nitrogen and oxygen atoms in total. The normalized spacial score (nSPS) is 26.9. The van der Waals surface area contributed by atoms with Gasteiger partial charge in [-0.15, -0.1) is 11.3 Å². The second kappa shape index (κ2) is 6.68. The van der Waals surface area contributed by atoms with Gasteiger partial charge in [-0.05, 0) is 38.5 Å². The number of ether oxygens (including phenoxy) is 1. The first-order chi connectivity index (χ1) is 9.84. The van der Waals surface area contributed by atoms with Crippen LogP contribution in [0.2, 0.25) is 0 Å². The van der Waals surface area contributed by atoms with Crippen LogP contribution >= 0.6 is 11.3 Å². The zero-order chi connectivity index (χ0) is 13.8. The molecule has 2 aliphatic heterocycles. The monoisotopic (exact) mass is 294 g/mol. The van der Waals surface area contributed by atoms with Crippen LogP contribution in [0, 0.1) is 0 Å². The van der Waals surface area contributed by atoms with Crippen molar-refractivity contribution in [2.45, 2.75) is 57.1 Å². The van der Waals surface area contributed by atoms with E-state index in [4.69, 9.17) is 4.74 Å². The van der Waals surface area contributed by atoms with Crippen molar-refractivity contribution in [2.75, 3.05) is 13.2 Å². The Balaban J connectivity index is 1.59. The number of piperidine rings is 1. The fraction of sp³-hybridized carbons (Fsp3) is 0.733. The fourth-order valence-electron chi connectivity index (χ4n) is 3.19. The Labute approximate surface area is 124 Å². The van der Waals surface area contributed by atoms with Gasteiger partial charge in [-0.25, -0.2) is 4.98 Å². The minimum Gasteiger partial charge on any atom is -0.378 e. The Morgan fingerprint density at radius 2 is 2.35 bits per heavy atom. The first kappa shape index (κ1) is 14.0. The lowest BCUT2D eigenvalue weighted by molar-refractivity contribution is -0.135. The van der Waals surface area contributed by atoms with Crippen molar-refractivity contribution in [2.24, 2.45) is 0 Å². The highest BCUT2D eigenvalue weighted by molar-refractivity contribution is 7.09. The van der Waals surface area contributed by atoms with Crippen LogP contribution in [0.3, 0.4) is 0 Å². The van der Waals surface area contributed by atoms with Crippen molar-refractivity contribution in [3.8, 4) is 0 Å². The van der Waals surface area contributed by atoms with Gasteiger partial charge >= 0.3 is 0 Å².